The van der Waals surface area contributed by atoms with Crippen molar-refractivity contribution in [3.8, 4) is 0 Å². The highest BCUT2D eigenvalue weighted by Crippen LogP contribution is 2.23. The van der Waals surface area contributed by atoms with Crippen molar-refractivity contribution in [3.05, 3.63) is 0 Å². The Morgan fingerprint density at radius 3 is 2.10 bits per heavy atom. The summed E-state index contributed by atoms with van der Waals surface area (Å²) >= 11 is 0. The molecule has 4 nitrogen and oxygen atoms in total. The molecule has 1 aliphatic heterocycles. The van der Waals surface area contributed by atoms with E-state index in [9.17, 15) is 8.42 Å². The minimum atomic E-state index is -3.62. The van der Waals surface area contributed by atoms with E-state index in [2.05, 4.69) is 8.58 Å². The number of rotatable bonds is 0. The molecule has 0 aromatic heterocycles. The molecule has 0 atom stereocenters. The normalized spacial score (nSPS) is 28.1. The Labute approximate surface area is 60.2 Å². The van der Waals surface area contributed by atoms with Crippen molar-refractivity contribution in [2.75, 3.05) is 0 Å². The van der Waals surface area contributed by atoms with Crippen LogP contribution in [0.15, 0.2) is 4.40 Å². The first kappa shape index (κ1) is 7.68. The Kier molecular flexibility index (Phi) is 1.38. The highest BCUT2D eigenvalue weighted by atomic mass is 32.2. The van der Waals surface area contributed by atoms with Crippen LogP contribution in [-0.2, 0) is 14.5 Å². The molecule has 0 aromatic rings. The smallest absolute Gasteiger partial charge is 0.240 e. The fourth-order valence-corrected chi connectivity index (χ4v) is 1.86. The van der Waals surface area contributed by atoms with Crippen LogP contribution in [0.2, 0.25) is 0 Å². The van der Waals surface area contributed by atoms with Crippen molar-refractivity contribution in [1.29, 1.82) is 0 Å². The van der Waals surface area contributed by atoms with Gasteiger partial charge in [0.2, 0.25) is 0 Å². The molecule has 58 valence electrons. The maximum absolute atomic E-state index is 10.6. The van der Waals surface area contributed by atoms with Crippen molar-refractivity contribution >= 4 is 16.0 Å². The summed E-state index contributed by atoms with van der Waals surface area (Å²) in [4.78, 5) is 0. The van der Waals surface area contributed by atoms with E-state index < -0.39 is 15.9 Å². The van der Waals surface area contributed by atoms with Gasteiger partial charge in [0, 0.05) is 0 Å². The van der Waals surface area contributed by atoms with Gasteiger partial charge in [0.1, 0.15) is 5.60 Å². The first-order chi connectivity index (χ1) is 4.33. The average molecular weight is 163 g/mol. The largest absolute Gasteiger partial charge is 0.381 e. The average Bonchev–Trinajstić information content (AvgIpc) is 1.73. The van der Waals surface area contributed by atoms with Crippen LogP contribution in [-0.4, -0.2) is 19.7 Å². The Morgan fingerprint density at radius 2 is 2.00 bits per heavy atom. The minimum Gasteiger partial charge on any atom is -0.240 e. The minimum absolute atomic E-state index is 0.493. The first-order valence-electron chi connectivity index (χ1n) is 2.86. The molecule has 0 fully saturated rings. The molecule has 0 aromatic carbocycles. The molecule has 5 heteroatoms. The topological polar surface area (TPSA) is 55.7 Å². The summed E-state index contributed by atoms with van der Waals surface area (Å²) in [6, 6.07) is 0. The van der Waals surface area contributed by atoms with E-state index in [-0.39, 0.29) is 0 Å². The van der Waals surface area contributed by atoms with Crippen molar-refractivity contribution in [2.45, 2.75) is 26.4 Å². The molecular weight excluding hydrogens is 154 g/mol. The Balaban J connectivity index is 3.12. The summed E-state index contributed by atoms with van der Waals surface area (Å²) in [7, 11) is -3.62. The van der Waals surface area contributed by atoms with Gasteiger partial charge in [-0.2, -0.15) is 8.42 Å². The molecule has 1 heterocycles. The van der Waals surface area contributed by atoms with Crippen LogP contribution in [0.3, 0.4) is 0 Å². The van der Waals surface area contributed by atoms with Gasteiger partial charge in [-0.3, -0.25) is 0 Å². The van der Waals surface area contributed by atoms with Gasteiger partial charge in [-0.15, -0.1) is 4.40 Å². The summed E-state index contributed by atoms with van der Waals surface area (Å²) in [6.45, 7) is 4.96. The molecule has 10 heavy (non-hydrogen) atoms. The standard InChI is InChI=1S/C5H9NO3S/c1-4-5(2,3)9-10(7,8)6-4/h1-3H3. The lowest BCUT2D eigenvalue weighted by Gasteiger charge is -2.13. The second-order valence-corrected chi connectivity index (χ2v) is 3.90. The molecule has 1 aliphatic rings. The molecule has 0 saturated heterocycles. The fraction of sp³-hybridized carbons (Fsp3) is 0.800. The predicted octanol–water partition coefficient (Wildman–Crippen LogP) is 0.501. The highest BCUT2D eigenvalue weighted by Gasteiger charge is 2.36. The summed E-state index contributed by atoms with van der Waals surface area (Å²) in [5.41, 5.74) is -0.258. The summed E-state index contributed by atoms with van der Waals surface area (Å²) in [5.74, 6) is 0. The lowest BCUT2D eigenvalue weighted by Crippen LogP contribution is -2.28. The number of hydrogen-bond acceptors (Lipinski definition) is 3. The first-order valence-corrected chi connectivity index (χ1v) is 4.23. The van der Waals surface area contributed by atoms with Gasteiger partial charge in [0.05, 0.1) is 5.71 Å². The second kappa shape index (κ2) is 1.79. The highest BCUT2D eigenvalue weighted by molar-refractivity contribution is 7.85. The van der Waals surface area contributed by atoms with Crippen molar-refractivity contribution in [2.24, 2.45) is 4.40 Å². The van der Waals surface area contributed by atoms with Gasteiger partial charge in [0.15, 0.2) is 0 Å². The lowest BCUT2D eigenvalue weighted by molar-refractivity contribution is 0.202. The molecule has 0 spiro atoms. The summed E-state index contributed by atoms with van der Waals surface area (Å²) in [6.07, 6.45) is 0. The Bertz CT molecular complexity index is 275. The number of nitrogens with zero attached hydrogens (tertiary/aromatic N) is 1. The summed E-state index contributed by atoms with van der Waals surface area (Å²) < 4.78 is 29.3. The third-order valence-electron chi connectivity index (χ3n) is 1.43. The molecule has 0 N–H and O–H groups in total. The van der Waals surface area contributed by atoms with E-state index in [4.69, 9.17) is 0 Å². The quantitative estimate of drug-likeness (QED) is 0.522. The zero-order valence-electron chi connectivity index (χ0n) is 6.08. The second-order valence-electron chi connectivity index (χ2n) is 2.70. The van der Waals surface area contributed by atoms with Gasteiger partial charge < -0.3 is 0 Å². The van der Waals surface area contributed by atoms with E-state index in [0.29, 0.717) is 5.71 Å². The van der Waals surface area contributed by atoms with E-state index in [1.165, 1.54) is 0 Å². The van der Waals surface area contributed by atoms with Gasteiger partial charge in [-0.05, 0) is 20.8 Å². The maximum atomic E-state index is 10.6. The van der Waals surface area contributed by atoms with Crippen LogP contribution in [0.5, 0.6) is 0 Å². The van der Waals surface area contributed by atoms with E-state index in [0.717, 1.165) is 0 Å². The third kappa shape index (κ3) is 1.19. The Hall–Kier alpha value is -0.420. The van der Waals surface area contributed by atoms with Crippen LogP contribution < -0.4 is 0 Å². The maximum Gasteiger partial charge on any atom is 0.381 e. The van der Waals surface area contributed by atoms with Gasteiger partial charge in [0.25, 0.3) is 0 Å². The molecule has 0 bridgehead atoms. The van der Waals surface area contributed by atoms with Crippen LogP contribution in [0.1, 0.15) is 20.8 Å². The van der Waals surface area contributed by atoms with Crippen molar-refractivity contribution in [1.82, 2.24) is 0 Å². The van der Waals surface area contributed by atoms with E-state index >= 15 is 0 Å². The molecule has 0 amide bonds. The lowest BCUT2D eigenvalue weighted by atomic mass is 10.1. The zero-order valence-corrected chi connectivity index (χ0v) is 6.90. The van der Waals surface area contributed by atoms with Crippen molar-refractivity contribution in [3.63, 3.8) is 0 Å². The molecule has 0 unspecified atom stereocenters. The van der Waals surface area contributed by atoms with Gasteiger partial charge in [-0.25, -0.2) is 4.18 Å². The fourth-order valence-electron chi connectivity index (χ4n) is 0.620. The third-order valence-corrected chi connectivity index (χ3v) is 2.56. The van der Waals surface area contributed by atoms with Crippen molar-refractivity contribution < 1.29 is 12.6 Å². The SMILES string of the molecule is CC1=NS(=O)(=O)OC1(C)C. The van der Waals surface area contributed by atoms with E-state index in [1.807, 2.05) is 0 Å². The molecule has 0 radical (unpaired) electrons. The van der Waals surface area contributed by atoms with E-state index in [1.54, 1.807) is 20.8 Å². The zero-order chi connectivity index (χ0) is 7.99. The van der Waals surface area contributed by atoms with Gasteiger partial charge in [-0.1, -0.05) is 0 Å². The Morgan fingerprint density at radius 1 is 1.50 bits per heavy atom. The molecule has 1 rings (SSSR count). The van der Waals surface area contributed by atoms with Crippen LogP contribution in [0.4, 0.5) is 0 Å². The van der Waals surface area contributed by atoms with Crippen LogP contribution in [0, 0.1) is 0 Å². The predicted molar refractivity (Wildman–Crippen MR) is 37.2 cm³/mol. The van der Waals surface area contributed by atoms with Gasteiger partial charge >= 0.3 is 10.3 Å². The van der Waals surface area contributed by atoms with Crippen LogP contribution >= 0.6 is 0 Å². The summed E-state index contributed by atoms with van der Waals surface area (Å²) in [5, 5.41) is 0. The monoisotopic (exact) mass is 163 g/mol. The molecule has 0 aliphatic carbocycles. The molecule has 0 saturated carbocycles. The van der Waals surface area contributed by atoms with Crippen LogP contribution in [0.25, 0.3) is 0 Å². The molecular formula is C5H9NO3S. The number of hydrogen-bond donors (Lipinski definition) is 0.